The Bertz CT molecular complexity index is 2800. The molecular weight excluding hydrogens is 581 g/mol. The molecule has 8 aromatic carbocycles. The molecule has 2 nitrogen and oxygen atoms in total. The first-order valence-corrected chi connectivity index (χ1v) is 16.5. The molecule has 0 aliphatic rings. The lowest BCUT2D eigenvalue weighted by molar-refractivity contribution is 1.17. The van der Waals surface area contributed by atoms with E-state index in [2.05, 4.69) is 191 Å². The lowest BCUT2D eigenvalue weighted by Gasteiger charge is -2.11. The smallest absolute Gasteiger partial charge is 0.0548 e. The maximum Gasteiger partial charge on any atom is 0.0548 e. The van der Waals surface area contributed by atoms with Gasteiger partial charge in [0.25, 0.3) is 0 Å². The zero-order chi connectivity index (χ0) is 31.6. The van der Waals surface area contributed by atoms with Crippen molar-refractivity contribution < 1.29 is 0 Å². The quantitative estimate of drug-likeness (QED) is 0.188. The SMILES string of the molecule is c1ccc(-c2ccc3cc(-c4ccc(-n5c6ccccc6c6c7c8ccccc8n(-c8ccccc8)c7ccc65)cc4)ccc3c2)cc1. The van der Waals surface area contributed by atoms with E-state index < -0.39 is 0 Å². The fourth-order valence-corrected chi connectivity index (χ4v) is 7.69. The van der Waals surface area contributed by atoms with Crippen molar-refractivity contribution in [2.45, 2.75) is 0 Å². The van der Waals surface area contributed by atoms with Crippen molar-refractivity contribution in [3.8, 4) is 33.6 Å². The summed E-state index contributed by atoms with van der Waals surface area (Å²) in [6.45, 7) is 0. The van der Waals surface area contributed by atoms with Crippen molar-refractivity contribution in [2.75, 3.05) is 0 Å². The number of rotatable bonds is 4. The van der Waals surface area contributed by atoms with Gasteiger partial charge in [0.05, 0.1) is 22.1 Å². The Kier molecular flexibility index (Phi) is 5.91. The molecule has 10 rings (SSSR count). The van der Waals surface area contributed by atoms with Crippen LogP contribution in [0.3, 0.4) is 0 Å². The highest BCUT2D eigenvalue weighted by atomic mass is 15.0. The molecule has 0 aliphatic heterocycles. The average Bonchev–Trinajstić information content (AvgIpc) is 3.68. The Morgan fingerprint density at radius 2 is 0.688 bits per heavy atom. The Hall–Kier alpha value is -6.38. The standard InChI is InChI=1S/C46H30N2/c1-3-11-31(12-4-1)33-19-21-36-30-34(20-22-35(36)29-33)32-23-25-38(26-24-32)48-42-18-10-8-16-40(42)46-44(48)28-27-43-45(46)39-15-7-9-17-41(39)47(43)37-13-5-2-6-14-37/h1-30H. The molecule has 10 aromatic rings. The van der Waals surface area contributed by atoms with Crippen molar-refractivity contribution in [3.05, 3.63) is 182 Å². The number of nitrogens with zero attached hydrogens (tertiary/aromatic N) is 2. The van der Waals surface area contributed by atoms with Crippen molar-refractivity contribution in [3.63, 3.8) is 0 Å². The number of benzene rings is 8. The Balaban J connectivity index is 1.12. The van der Waals surface area contributed by atoms with Crippen LogP contribution in [0, 0.1) is 0 Å². The summed E-state index contributed by atoms with van der Waals surface area (Å²) in [5, 5.41) is 7.63. The van der Waals surface area contributed by atoms with E-state index in [1.807, 2.05) is 0 Å². The van der Waals surface area contributed by atoms with E-state index in [9.17, 15) is 0 Å². The van der Waals surface area contributed by atoms with Crippen molar-refractivity contribution in [2.24, 2.45) is 0 Å². The van der Waals surface area contributed by atoms with Gasteiger partial charge in [0.1, 0.15) is 0 Å². The normalized spacial score (nSPS) is 11.8. The van der Waals surface area contributed by atoms with E-state index in [-0.39, 0.29) is 0 Å². The molecule has 0 amide bonds. The fraction of sp³-hybridized carbons (Fsp3) is 0. The van der Waals surface area contributed by atoms with Gasteiger partial charge >= 0.3 is 0 Å². The summed E-state index contributed by atoms with van der Waals surface area (Å²) in [6.07, 6.45) is 0. The average molecular weight is 611 g/mol. The third kappa shape index (κ3) is 4.06. The molecule has 0 radical (unpaired) electrons. The molecule has 224 valence electrons. The van der Waals surface area contributed by atoms with E-state index in [1.54, 1.807) is 0 Å². The molecule has 0 fully saturated rings. The van der Waals surface area contributed by atoms with Crippen molar-refractivity contribution in [1.82, 2.24) is 9.13 Å². The van der Waals surface area contributed by atoms with Crippen molar-refractivity contribution in [1.29, 1.82) is 0 Å². The first-order valence-electron chi connectivity index (χ1n) is 16.5. The van der Waals surface area contributed by atoms with Crippen molar-refractivity contribution >= 4 is 54.4 Å². The third-order valence-corrected chi connectivity index (χ3v) is 9.89. The summed E-state index contributed by atoms with van der Waals surface area (Å²) in [6, 6.07) is 66.1. The molecule has 0 bridgehead atoms. The van der Waals surface area contributed by atoms with Gasteiger partial charge in [-0.25, -0.2) is 0 Å². The molecule has 0 saturated carbocycles. The minimum absolute atomic E-state index is 1.16. The Labute approximate surface area is 278 Å². The first-order chi connectivity index (χ1) is 23.8. The lowest BCUT2D eigenvalue weighted by atomic mass is 9.97. The van der Waals surface area contributed by atoms with E-state index in [0.29, 0.717) is 0 Å². The monoisotopic (exact) mass is 610 g/mol. The number of hydrogen-bond acceptors (Lipinski definition) is 0. The summed E-state index contributed by atoms with van der Waals surface area (Å²) in [7, 11) is 0. The Morgan fingerprint density at radius 1 is 0.271 bits per heavy atom. The zero-order valence-corrected chi connectivity index (χ0v) is 26.2. The van der Waals surface area contributed by atoms with Gasteiger partial charge in [-0.1, -0.05) is 121 Å². The predicted octanol–water partition coefficient (Wildman–Crippen LogP) is 12.4. The van der Waals surface area contributed by atoms with Crippen LogP contribution >= 0.6 is 0 Å². The van der Waals surface area contributed by atoms with Crippen LogP contribution in [0.4, 0.5) is 0 Å². The van der Waals surface area contributed by atoms with Crippen LogP contribution in [-0.4, -0.2) is 9.13 Å². The van der Waals surface area contributed by atoms with Crippen LogP contribution in [-0.2, 0) is 0 Å². The van der Waals surface area contributed by atoms with Crippen LogP contribution in [0.25, 0.3) is 88.0 Å². The Morgan fingerprint density at radius 3 is 1.23 bits per heavy atom. The van der Waals surface area contributed by atoms with E-state index >= 15 is 0 Å². The van der Waals surface area contributed by atoms with Gasteiger partial charge in [0, 0.05) is 32.9 Å². The number of hydrogen-bond donors (Lipinski definition) is 0. The van der Waals surface area contributed by atoms with Gasteiger partial charge in [-0.2, -0.15) is 0 Å². The summed E-state index contributed by atoms with van der Waals surface area (Å²) in [4.78, 5) is 0. The number of para-hydroxylation sites is 3. The van der Waals surface area contributed by atoms with Crippen LogP contribution < -0.4 is 0 Å². The molecule has 2 aromatic heterocycles. The fourth-order valence-electron chi connectivity index (χ4n) is 7.69. The first kappa shape index (κ1) is 26.8. The van der Waals surface area contributed by atoms with E-state index in [0.717, 1.165) is 5.69 Å². The maximum absolute atomic E-state index is 2.42. The van der Waals surface area contributed by atoms with E-state index in [1.165, 1.54) is 82.3 Å². The molecule has 2 heterocycles. The second kappa shape index (κ2) is 10.6. The molecule has 0 spiro atoms. The van der Waals surface area contributed by atoms with Gasteiger partial charge < -0.3 is 9.13 Å². The molecule has 0 N–H and O–H groups in total. The summed E-state index contributed by atoms with van der Waals surface area (Å²) in [5.74, 6) is 0. The molecular formula is C46H30N2. The molecule has 0 saturated heterocycles. The van der Waals surface area contributed by atoms with Crippen LogP contribution in [0.5, 0.6) is 0 Å². The number of fused-ring (bicyclic) bond motifs is 8. The molecule has 0 aliphatic carbocycles. The van der Waals surface area contributed by atoms with Gasteiger partial charge in [0.2, 0.25) is 0 Å². The second-order valence-corrected chi connectivity index (χ2v) is 12.6. The van der Waals surface area contributed by atoms with Gasteiger partial charge in [0.15, 0.2) is 0 Å². The molecule has 48 heavy (non-hydrogen) atoms. The molecule has 0 atom stereocenters. The van der Waals surface area contributed by atoms with Gasteiger partial charge in [-0.15, -0.1) is 0 Å². The highest BCUT2D eigenvalue weighted by Crippen LogP contribution is 2.42. The minimum atomic E-state index is 1.16. The third-order valence-electron chi connectivity index (χ3n) is 9.89. The van der Waals surface area contributed by atoms with Crippen LogP contribution in [0.15, 0.2) is 182 Å². The summed E-state index contributed by atoms with van der Waals surface area (Å²) >= 11 is 0. The van der Waals surface area contributed by atoms with E-state index in [4.69, 9.17) is 0 Å². The lowest BCUT2D eigenvalue weighted by Crippen LogP contribution is -1.94. The van der Waals surface area contributed by atoms with Gasteiger partial charge in [-0.3, -0.25) is 0 Å². The predicted molar refractivity (Wildman–Crippen MR) is 203 cm³/mol. The number of aromatic nitrogens is 2. The molecule has 0 unspecified atom stereocenters. The highest BCUT2D eigenvalue weighted by molar-refractivity contribution is 6.28. The zero-order valence-electron chi connectivity index (χ0n) is 26.2. The summed E-state index contributed by atoms with van der Waals surface area (Å²) < 4.78 is 4.82. The largest absolute Gasteiger partial charge is 0.309 e. The topological polar surface area (TPSA) is 9.86 Å². The highest BCUT2D eigenvalue weighted by Gasteiger charge is 2.20. The molecule has 2 heteroatoms. The minimum Gasteiger partial charge on any atom is -0.309 e. The summed E-state index contributed by atoms with van der Waals surface area (Å²) in [5.41, 5.74) is 12.1. The maximum atomic E-state index is 2.42. The van der Waals surface area contributed by atoms with Crippen LogP contribution in [0.2, 0.25) is 0 Å². The van der Waals surface area contributed by atoms with Gasteiger partial charge in [-0.05, 0) is 93.7 Å². The second-order valence-electron chi connectivity index (χ2n) is 12.6. The van der Waals surface area contributed by atoms with Crippen LogP contribution in [0.1, 0.15) is 0 Å².